The average molecular weight is 545 g/mol. The molecule has 0 aromatic heterocycles. The van der Waals surface area contributed by atoms with E-state index in [1.807, 2.05) is 61.5 Å². The lowest BCUT2D eigenvalue weighted by molar-refractivity contribution is -0.121. The number of benzene rings is 3. The van der Waals surface area contributed by atoms with Crippen molar-refractivity contribution in [3.63, 3.8) is 0 Å². The second kappa shape index (κ2) is 11.6. The summed E-state index contributed by atoms with van der Waals surface area (Å²) in [6, 6.07) is 21.7. The number of nitrogens with one attached hydrogen (secondary N) is 1. The third-order valence-corrected chi connectivity index (χ3v) is 7.88. The Hall–Kier alpha value is -2.68. The van der Waals surface area contributed by atoms with Gasteiger partial charge >= 0.3 is 0 Å². The van der Waals surface area contributed by atoms with Gasteiger partial charge < -0.3 is 10.1 Å². The third kappa shape index (κ3) is 6.68. The van der Waals surface area contributed by atoms with Crippen LogP contribution in [0.25, 0.3) is 0 Å². The van der Waals surface area contributed by atoms with Crippen LogP contribution in [0.15, 0.2) is 82.2 Å². The fourth-order valence-electron chi connectivity index (χ4n) is 3.65. The Balaban J connectivity index is 1.82. The number of hydrogen-bond acceptors (Lipinski definition) is 4. The molecule has 34 heavy (non-hydrogen) atoms. The zero-order valence-corrected chi connectivity index (χ0v) is 21.9. The van der Waals surface area contributed by atoms with Crippen molar-refractivity contribution in [1.29, 1.82) is 0 Å². The summed E-state index contributed by atoms with van der Waals surface area (Å²) in [5.41, 5.74) is 2.63. The first kappa shape index (κ1) is 25.9. The maximum atomic E-state index is 13.5. The highest BCUT2D eigenvalue weighted by Crippen LogP contribution is 2.24. The standard InChI is InChI=1S/C26H29BrN2O4S/c1-19-16-24(12-13-25(19)33-3)34(31,32)29(15-14-21-8-5-4-6-9-21)18-26(30)28-20(2)22-10-7-11-23(27)17-22/h4-13,16-17,20H,14-15,18H2,1-3H3,(H,28,30)/t20-/m1/s1. The van der Waals surface area contributed by atoms with Crippen molar-refractivity contribution in [2.45, 2.75) is 31.2 Å². The van der Waals surface area contributed by atoms with Gasteiger partial charge in [-0.05, 0) is 67.3 Å². The topological polar surface area (TPSA) is 75.7 Å². The first-order chi connectivity index (χ1) is 16.2. The number of carbonyl (C=O) groups is 1. The minimum absolute atomic E-state index is 0.131. The zero-order chi connectivity index (χ0) is 24.7. The van der Waals surface area contributed by atoms with E-state index in [-0.39, 0.29) is 29.9 Å². The molecular formula is C26H29BrN2O4S. The quantitative estimate of drug-likeness (QED) is 0.394. The molecule has 0 unspecified atom stereocenters. The summed E-state index contributed by atoms with van der Waals surface area (Å²) in [5.74, 6) is 0.240. The van der Waals surface area contributed by atoms with E-state index in [1.54, 1.807) is 26.2 Å². The van der Waals surface area contributed by atoms with E-state index in [1.165, 1.54) is 10.4 Å². The number of ether oxygens (including phenoxy) is 1. The summed E-state index contributed by atoms with van der Waals surface area (Å²) >= 11 is 3.44. The van der Waals surface area contributed by atoms with Crippen molar-refractivity contribution in [2.24, 2.45) is 0 Å². The van der Waals surface area contributed by atoms with Gasteiger partial charge in [-0.1, -0.05) is 58.4 Å². The molecule has 1 atom stereocenters. The lowest BCUT2D eigenvalue weighted by Crippen LogP contribution is -2.42. The summed E-state index contributed by atoms with van der Waals surface area (Å²) in [6.07, 6.45) is 0.490. The molecule has 0 fully saturated rings. The number of nitrogens with zero attached hydrogens (tertiary/aromatic N) is 1. The maximum absolute atomic E-state index is 13.5. The number of rotatable bonds is 10. The Morgan fingerprint density at radius 1 is 1.06 bits per heavy atom. The SMILES string of the molecule is COc1ccc(S(=O)(=O)N(CCc2ccccc2)CC(=O)N[C@H](C)c2cccc(Br)c2)cc1C. The summed E-state index contributed by atoms with van der Waals surface area (Å²) < 4.78 is 34.5. The van der Waals surface area contributed by atoms with Crippen molar-refractivity contribution in [3.8, 4) is 5.75 Å². The summed E-state index contributed by atoms with van der Waals surface area (Å²) in [4.78, 5) is 13.1. The van der Waals surface area contributed by atoms with Gasteiger partial charge in [-0.25, -0.2) is 8.42 Å². The van der Waals surface area contributed by atoms with Gasteiger partial charge in [0, 0.05) is 11.0 Å². The van der Waals surface area contributed by atoms with Gasteiger partial charge in [-0.15, -0.1) is 0 Å². The molecule has 0 radical (unpaired) electrons. The normalized spacial score (nSPS) is 12.4. The number of sulfonamides is 1. The molecule has 6 nitrogen and oxygen atoms in total. The first-order valence-corrected chi connectivity index (χ1v) is 13.2. The van der Waals surface area contributed by atoms with Crippen molar-refractivity contribution >= 4 is 31.9 Å². The van der Waals surface area contributed by atoms with Gasteiger partial charge in [0.05, 0.1) is 24.6 Å². The maximum Gasteiger partial charge on any atom is 0.243 e. The third-order valence-electron chi connectivity index (χ3n) is 5.54. The lowest BCUT2D eigenvalue weighted by Gasteiger charge is -2.24. The average Bonchev–Trinajstić information content (AvgIpc) is 2.82. The molecule has 8 heteroatoms. The van der Waals surface area contributed by atoms with Gasteiger partial charge in [-0.2, -0.15) is 4.31 Å². The molecule has 0 saturated carbocycles. The van der Waals surface area contributed by atoms with Crippen LogP contribution in [-0.2, 0) is 21.2 Å². The molecule has 0 aliphatic heterocycles. The van der Waals surface area contributed by atoms with Crippen molar-refractivity contribution < 1.29 is 17.9 Å². The minimum atomic E-state index is -3.91. The minimum Gasteiger partial charge on any atom is -0.496 e. The first-order valence-electron chi connectivity index (χ1n) is 10.9. The van der Waals surface area contributed by atoms with Gasteiger partial charge in [0.15, 0.2) is 0 Å². The molecule has 3 rings (SSSR count). The van der Waals surface area contributed by atoms with Crippen molar-refractivity contribution in [3.05, 3.63) is 94.0 Å². The monoisotopic (exact) mass is 544 g/mol. The number of carbonyl (C=O) groups excluding carboxylic acids is 1. The van der Waals surface area contributed by atoms with E-state index in [0.29, 0.717) is 17.7 Å². The number of amides is 1. The molecule has 0 saturated heterocycles. The second-order valence-electron chi connectivity index (χ2n) is 8.05. The van der Waals surface area contributed by atoms with Crippen LogP contribution in [0.1, 0.15) is 29.7 Å². The van der Waals surface area contributed by atoms with Crippen molar-refractivity contribution in [1.82, 2.24) is 9.62 Å². The van der Waals surface area contributed by atoms with Crippen LogP contribution in [-0.4, -0.2) is 38.8 Å². The smallest absolute Gasteiger partial charge is 0.243 e. The Labute approximate surface area is 210 Å². The van der Waals surface area contributed by atoms with E-state index in [9.17, 15) is 13.2 Å². The Morgan fingerprint density at radius 2 is 1.79 bits per heavy atom. The number of aryl methyl sites for hydroxylation is 1. The van der Waals surface area contributed by atoms with Crippen LogP contribution in [0.3, 0.4) is 0 Å². The molecular weight excluding hydrogens is 516 g/mol. The van der Waals surface area contributed by atoms with E-state index >= 15 is 0 Å². The summed E-state index contributed by atoms with van der Waals surface area (Å²) in [7, 11) is -2.37. The highest BCUT2D eigenvalue weighted by Gasteiger charge is 2.27. The van der Waals surface area contributed by atoms with Gasteiger partial charge in [0.1, 0.15) is 5.75 Å². The highest BCUT2D eigenvalue weighted by atomic mass is 79.9. The van der Waals surface area contributed by atoms with Crippen LogP contribution in [0, 0.1) is 6.92 Å². The molecule has 1 N–H and O–H groups in total. The number of hydrogen-bond donors (Lipinski definition) is 1. The lowest BCUT2D eigenvalue weighted by atomic mass is 10.1. The van der Waals surface area contributed by atoms with Gasteiger partial charge in [0.2, 0.25) is 15.9 Å². The second-order valence-corrected chi connectivity index (χ2v) is 10.9. The number of methoxy groups -OCH3 is 1. The Kier molecular flexibility index (Phi) is 8.88. The van der Waals surface area contributed by atoms with Crippen molar-refractivity contribution in [2.75, 3.05) is 20.2 Å². The molecule has 0 spiro atoms. The molecule has 0 aliphatic carbocycles. The van der Waals surface area contributed by atoms with E-state index in [2.05, 4.69) is 21.2 Å². The van der Waals surface area contributed by atoms with E-state index in [4.69, 9.17) is 4.74 Å². The highest BCUT2D eigenvalue weighted by molar-refractivity contribution is 9.10. The molecule has 3 aromatic rings. The summed E-state index contributed by atoms with van der Waals surface area (Å²) in [6.45, 7) is 3.56. The Morgan fingerprint density at radius 3 is 2.44 bits per heavy atom. The van der Waals surface area contributed by atoms with E-state index in [0.717, 1.165) is 15.6 Å². The van der Waals surface area contributed by atoms with Crippen LogP contribution in [0.5, 0.6) is 5.75 Å². The molecule has 1 amide bonds. The van der Waals surface area contributed by atoms with Gasteiger partial charge in [0.25, 0.3) is 0 Å². The molecule has 3 aromatic carbocycles. The molecule has 0 heterocycles. The van der Waals surface area contributed by atoms with Crippen LogP contribution in [0.2, 0.25) is 0 Å². The van der Waals surface area contributed by atoms with Crippen LogP contribution < -0.4 is 10.1 Å². The Bertz CT molecular complexity index is 1230. The fraction of sp³-hybridized carbons (Fsp3) is 0.269. The van der Waals surface area contributed by atoms with E-state index < -0.39 is 10.0 Å². The predicted molar refractivity (Wildman–Crippen MR) is 137 cm³/mol. The molecule has 180 valence electrons. The largest absolute Gasteiger partial charge is 0.496 e. The fourth-order valence-corrected chi connectivity index (χ4v) is 5.55. The zero-order valence-electron chi connectivity index (χ0n) is 19.5. The van der Waals surface area contributed by atoms with Gasteiger partial charge in [-0.3, -0.25) is 4.79 Å². The number of halogens is 1. The molecule has 0 bridgehead atoms. The summed E-state index contributed by atoms with van der Waals surface area (Å²) in [5, 5.41) is 2.92. The predicted octanol–water partition coefficient (Wildman–Crippen LogP) is 4.88. The van der Waals surface area contributed by atoms with Crippen LogP contribution in [0.4, 0.5) is 0 Å². The molecule has 0 aliphatic rings. The van der Waals surface area contributed by atoms with Crippen LogP contribution >= 0.6 is 15.9 Å².